The number of para-hydroxylation sites is 1. The molecule has 5 rings (SSSR count). The maximum atomic E-state index is 16.1. The van der Waals surface area contributed by atoms with Crippen LogP contribution in [0.1, 0.15) is 57.1 Å². The van der Waals surface area contributed by atoms with Crippen molar-refractivity contribution in [1.29, 1.82) is 0 Å². The molecule has 3 aromatic carbocycles. The minimum atomic E-state index is -3.88. The zero-order valence-electron chi connectivity index (χ0n) is 21.9. The summed E-state index contributed by atoms with van der Waals surface area (Å²) in [7, 11) is -2.23. The van der Waals surface area contributed by atoms with Crippen LogP contribution in [0, 0.1) is 5.82 Å². The largest absolute Gasteiger partial charge is 0.339 e. The van der Waals surface area contributed by atoms with Crippen LogP contribution < -0.4 is 10.6 Å². The lowest BCUT2D eigenvalue weighted by Crippen LogP contribution is -2.40. The third kappa shape index (κ3) is 4.69. The van der Waals surface area contributed by atoms with Crippen molar-refractivity contribution in [3.63, 3.8) is 0 Å². The van der Waals surface area contributed by atoms with Gasteiger partial charge in [0.1, 0.15) is 10.7 Å². The van der Waals surface area contributed by atoms with Crippen LogP contribution >= 0.6 is 0 Å². The Morgan fingerprint density at radius 2 is 1.76 bits per heavy atom. The van der Waals surface area contributed by atoms with Crippen molar-refractivity contribution in [3.8, 4) is 11.1 Å². The molecule has 2 aliphatic rings. The van der Waals surface area contributed by atoms with E-state index in [-0.39, 0.29) is 16.5 Å². The fourth-order valence-corrected chi connectivity index (χ4v) is 6.95. The number of nitrogens with two attached hydrogens (primary N) is 1. The number of anilines is 2. The number of hydrogen-bond acceptors (Lipinski definition) is 4. The number of aryl methyl sites for hydroxylation is 1. The molecule has 2 N–H and O–H groups in total. The zero-order valence-corrected chi connectivity index (χ0v) is 22.7. The van der Waals surface area contributed by atoms with Crippen molar-refractivity contribution in [2.75, 3.05) is 18.5 Å². The number of hydrogen-bond donors (Lipinski definition) is 1. The second-order valence-electron chi connectivity index (χ2n) is 10.5. The molecule has 0 unspecified atom stereocenters. The Bertz CT molecular complexity index is 1400. The highest BCUT2D eigenvalue weighted by Gasteiger charge is 2.43. The molecule has 0 saturated heterocycles. The van der Waals surface area contributed by atoms with Gasteiger partial charge in [-0.2, -0.15) is 4.31 Å². The molecule has 37 heavy (non-hydrogen) atoms. The van der Waals surface area contributed by atoms with Crippen LogP contribution in [0.15, 0.2) is 65.6 Å². The van der Waals surface area contributed by atoms with Crippen LogP contribution in [0.25, 0.3) is 11.1 Å². The standard InChI is InChI=1S/C30H36FN3O2S/c1-4-6-10-23-20-34(22-11-8-7-9-12-22)28-19-27(31)25(18-29(28)37(35,36)33(23)3)24-17-21(5-2)13-14-26(24)30(32)15-16-30/h7-9,11-14,17-19,23H,4-6,10,15-16,20,32H2,1-3H3/t23-/m1/s1. The molecule has 1 saturated carbocycles. The van der Waals surface area contributed by atoms with E-state index in [2.05, 4.69) is 13.8 Å². The minimum absolute atomic E-state index is 0.129. The SMILES string of the molecule is CCCC[C@@H]1CN(c2ccccc2)c2cc(F)c(-c3cc(CC)ccc3C3(N)CC3)cc2S(=O)(=O)N1C. The lowest BCUT2D eigenvalue weighted by atomic mass is 9.91. The summed E-state index contributed by atoms with van der Waals surface area (Å²) >= 11 is 0. The van der Waals surface area contributed by atoms with Crippen molar-refractivity contribution >= 4 is 21.4 Å². The predicted octanol–water partition coefficient (Wildman–Crippen LogP) is 6.33. The molecule has 0 aromatic heterocycles. The molecule has 0 bridgehead atoms. The Balaban J connectivity index is 1.74. The van der Waals surface area contributed by atoms with Crippen LogP contribution in [-0.2, 0) is 22.0 Å². The topological polar surface area (TPSA) is 66.6 Å². The summed E-state index contributed by atoms with van der Waals surface area (Å²) in [5.74, 6) is -0.441. The first-order chi connectivity index (χ1) is 17.7. The summed E-state index contributed by atoms with van der Waals surface area (Å²) in [5, 5.41) is 0. The van der Waals surface area contributed by atoms with Gasteiger partial charge in [0, 0.05) is 36.4 Å². The quantitative estimate of drug-likeness (QED) is 0.394. The Morgan fingerprint density at radius 3 is 2.41 bits per heavy atom. The van der Waals surface area contributed by atoms with Crippen LogP contribution in [-0.4, -0.2) is 32.4 Å². The third-order valence-corrected chi connectivity index (χ3v) is 9.91. The maximum absolute atomic E-state index is 16.1. The van der Waals surface area contributed by atoms with Crippen LogP contribution in [0.3, 0.4) is 0 Å². The second-order valence-corrected chi connectivity index (χ2v) is 12.4. The van der Waals surface area contributed by atoms with Gasteiger partial charge in [0.2, 0.25) is 10.0 Å². The van der Waals surface area contributed by atoms with E-state index in [1.807, 2.05) is 53.4 Å². The predicted molar refractivity (Wildman–Crippen MR) is 148 cm³/mol. The van der Waals surface area contributed by atoms with Gasteiger partial charge in [-0.3, -0.25) is 0 Å². The summed E-state index contributed by atoms with van der Waals surface area (Å²) < 4.78 is 45.6. The molecule has 7 heteroatoms. The van der Waals surface area contributed by atoms with Crippen LogP contribution in [0.5, 0.6) is 0 Å². The molecular formula is C30H36FN3O2S. The van der Waals surface area contributed by atoms with E-state index >= 15 is 4.39 Å². The van der Waals surface area contributed by atoms with E-state index < -0.39 is 21.4 Å². The van der Waals surface area contributed by atoms with Crippen molar-refractivity contribution in [3.05, 3.63) is 77.6 Å². The molecule has 1 aliphatic heterocycles. The third-order valence-electron chi connectivity index (χ3n) is 7.97. The summed E-state index contributed by atoms with van der Waals surface area (Å²) in [5.41, 5.74) is 10.2. The van der Waals surface area contributed by atoms with E-state index in [0.29, 0.717) is 17.8 Å². The molecular weight excluding hydrogens is 485 g/mol. The van der Waals surface area contributed by atoms with Crippen molar-refractivity contribution in [2.45, 2.75) is 68.8 Å². The van der Waals surface area contributed by atoms with E-state index in [4.69, 9.17) is 5.73 Å². The van der Waals surface area contributed by atoms with Gasteiger partial charge in [0.15, 0.2) is 0 Å². The van der Waals surface area contributed by atoms with Gasteiger partial charge in [0.05, 0.1) is 5.69 Å². The number of benzene rings is 3. The Hall–Kier alpha value is -2.74. The van der Waals surface area contributed by atoms with Gasteiger partial charge < -0.3 is 10.6 Å². The number of likely N-dealkylation sites (N-methyl/N-ethyl adjacent to an activating group) is 1. The summed E-state index contributed by atoms with van der Waals surface area (Å²) in [6.07, 6.45) is 5.07. The highest BCUT2D eigenvalue weighted by Crippen LogP contribution is 2.48. The number of halogens is 1. The maximum Gasteiger partial charge on any atom is 0.245 e. The van der Waals surface area contributed by atoms with E-state index in [0.717, 1.165) is 55.3 Å². The lowest BCUT2D eigenvalue weighted by molar-refractivity contribution is 0.351. The first-order valence-corrected chi connectivity index (χ1v) is 14.7. The lowest BCUT2D eigenvalue weighted by Gasteiger charge is -2.29. The highest BCUT2D eigenvalue weighted by atomic mass is 32.2. The molecule has 0 amide bonds. The van der Waals surface area contributed by atoms with Crippen molar-refractivity contribution in [2.24, 2.45) is 5.73 Å². The highest BCUT2D eigenvalue weighted by molar-refractivity contribution is 7.89. The summed E-state index contributed by atoms with van der Waals surface area (Å²) in [6.45, 7) is 4.60. The molecule has 1 heterocycles. The zero-order chi connectivity index (χ0) is 26.4. The molecule has 1 fully saturated rings. The van der Waals surface area contributed by atoms with Crippen LogP contribution in [0.2, 0.25) is 0 Å². The van der Waals surface area contributed by atoms with E-state index in [9.17, 15) is 8.42 Å². The fraction of sp³-hybridized carbons (Fsp3) is 0.400. The first kappa shape index (κ1) is 25.9. The number of fused-ring (bicyclic) bond motifs is 1. The molecule has 1 atom stereocenters. The Labute approximate surface area is 220 Å². The molecule has 0 radical (unpaired) electrons. The van der Waals surface area contributed by atoms with Crippen molar-refractivity contribution < 1.29 is 12.8 Å². The first-order valence-electron chi connectivity index (χ1n) is 13.3. The van der Waals surface area contributed by atoms with Gasteiger partial charge in [-0.05, 0) is 66.6 Å². The summed E-state index contributed by atoms with van der Waals surface area (Å²) in [6, 6.07) is 18.4. The molecule has 5 nitrogen and oxygen atoms in total. The molecule has 0 spiro atoms. The smallest absolute Gasteiger partial charge is 0.245 e. The average molecular weight is 522 g/mol. The number of rotatable bonds is 7. The number of sulfonamides is 1. The minimum Gasteiger partial charge on any atom is -0.339 e. The van der Waals surface area contributed by atoms with Gasteiger partial charge in [0.25, 0.3) is 0 Å². The summed E-state index contributed by atoms with van der Waals surface area (Å²) in [4.78, 5) is 2.09. The molecule has 196 valence electrons. The van der Waals surface area contributed by atoms with Gasteiger partial charge >= 0.3 is 0 Å². The van der Waals surface area contributed by atoms with E-state index in [1.54, 1.807) is 13.1 Å². The average Bonchev–Trinajstić information content (AvgIpc) is 3.67. The van der Waals surface area contributed by atoms with Gasteiger partial charge in [-0.1, -0.05) is 63.1 Å². The normalized spacial score (nSPS) is 20.4. The Kier molecular flexibility index (Phi) is 6.90. The Morgan fingerprint density at radius 1 is 1.03 bits per heavy atom. The number of unbranched alkanes of at least 4 members (excludes halogenated alkanes) is 1. The van der Waals surface area contributed by atoms with Crippen molar-refractivity contribution in [1.82, 2.24) is 4.31 Å². The second kappa shape index (κ2) is 9.86. The van der Waals surface area contributed by atoms with Gasteiger partial charge in [-0.25, -0.2) is 12.8 Å². The van der Waals surface area contributed by atoms with E-state index in [1.165, 1.54) is 10.4 Å². The monoisotopic (exact) mass is 521 g/mol. The fourth-order valence-electron chi connectivity index (χ4n) is 5.38. The number of nitrogens with zero attached hydrogens (tertiary/aromatic N) is 2. The molecule has 3 aromatic rings. The molecule has 1 aliphatic carbocycles. The van der Waals surface area contributed by atoms with Gasteiger partial charge in [-0.15, -0.1) is 0 Å². The van der Waals surface area contributed by atoms with Crippen LogP contribution in [0.4, 0.5) is 15.8 Å².